The summed E-state index contributed by atoms with van der Waals surface area (Å²) in [5.74, 6) is 1.75. The van der Waals surface area contributed by atoms with Crippen LogP contribution in [0.5, 0.6) is 0 Å². The summed E-state index contributed by atoms with van der Waals surface area (Å²) in [5.41, 5.74) is 0. The van der Waals surface area contributed by atoms with E-state index < -0.39 is 0 Å². The fraction of sp³-hybridized carbons (Fsp3) is 1.00. The fourth-order valence-electron chi connectivity index (χ4n) is 3.67. The Morgan fingerprint density at radius 1 is 1.00 bits per heavy atom. The molecule has 1 saturated heterocycles. The molecule has 2 atom stereocenters. The maximum Gasteiger partial charge on any atom is 0.0137 e. The van der Waals surface area contributed by atoms with Crippen molar-refractivity contribution in [3.63, 3.8) is 0 Å². The van der Waals surface area contributed by atoms with Crippen molar-refractivity contribution >= 4 is 0 Å². The lowest BCUT2D eigenvalue weighted by molar-refractivity contribution is 0.0184. The molecule has 110 valence electrons. The predicted octanol–water partition coefficient (Wildman–Crippen LogP) is 1.79. The van der Waals surface area contributed by atoms with Crippen molar-refractivity contribution in [3.05, 3.63) is 0 Å². The SMILES string of the molecule is CC(C)CN1CCN(C2CCC2CNC2CC2)CC1. The summed E-state index contributed by atoms with van der Waals surface area (Å²) in [7, 11) is 0. The minimum absolute atomic E-state index is 0.811. The first-order chi connectivity index (χ1) is 9.22. The number of hydrogen-bond acceptors (Lipinski definition) is 3. The first-order valence-electron chi connectivity index (χ1n) is 8.42. The quantitative estimate of drug-likeness (QED) is 0.790. The zero-order valence-electron chi connectivity index (χ0n) is 12.8. The van der Waals surface area contributed by atoms with E-state index in [1.807, 2.05) is 0 Å². The second-order valence-corrected chi connectivity index (χ2v) is 7.32. The Kier molecular flexibility index (Phi) is 4.45. The van der Waals surface area contributed by atoms with E-state index in [0.29, 0.717) is 0 Å². The Labute approximate surface area is 118 Å². The normalized spacial score (nSPS) is 33.6. The van der Waals surface area contributed by atoms with Crippen LogP contribution in [0, 0.1) is 11.8 Å². The summed E-state index contributed by atoms with van der Waals surface area (Å²) in [5, 5.41) is 3.73. The Morgan fingerprint density at radius 3 is 2.26 bits per heavy atom. The zero-order chi connectivity index (χ0) is 13.2. The van der Waals surface area contributed by atoms with Crippen LogP contribution in [0.3, 0.4) is 0 Å². The first-order valence-corrected chi connectivity index (χ1v) is 8.42. The van der Waals surface area contributed by atoms with Crippen LogP contribution in [0.25, 0.3) is 0 Å². The van der Waals surface area contributed by atoms with Crippen molar-refractivity contribution in [2.75, 3.05) is 39.3 Å². The average Bonchev–Trinajstić information content (AvgIpc) is 3.14. The third kappa shape index (κ3) is 3.71. The van der Waals surface area contributed by atoms with Gasteiger partial charge in [-0.25, -0.2) is 0 Å². The zero-order valence-corrected chi connectivity index (χ0v) is 12.8. The highest BCUT2D eigenvalue weighted by Crippen LogP contribution is 2.33. The lowest BCUT2D eigenvalue weighted by Crippen LogP contribution is -2.57. The van der Waals surface area contributed by atoms with Gasteiger partial charge in [0.05, 0.1) is 0 Å². The molecule has 0 aromatic carbocycles. The maximum atomic E-state index is 3.73. The van der Waals surface area contributed by atoms with Gasteiger partial charge >= 0.3 is 0 Å². The van der Waals surface area contributed by atoms with Crippen LogP contribution in [0.4, 0.5) is 0 Å². The standard InChI is InChI=1S/C16H31N3/c1-13(2)12-18-7-9-19(10-8-18)16-6-3-14(16)11-17-15-4-5-15/h13-17H,3-12H2,1-2H3. The molecule has 3 aliphatic rings. The van der Waals surface area contributed by atoms with Gasteiger partial charge in [0.1, 0.15) is 0 Å². The average molecular weight is 265 g/mol. The molecule has 0 aromatic heterocycles. The smallest absolute Gasteiger partial charge is 0.0137 e. The molecule has 3 nitrogen and oxygen atoms in total. The van der Waals surface area contributed by atoms with Gasteiger partial charge in [0.2, 0.25) is 0 Å². The minimum atomic E-state index is 0.811. The van der Waals surface area contributed by atoms with Crippen molar-refractivity contribution in [1.82, 2.24) is 15.1 Å². The fourth-order valence-corrected chi connectivity index (χ4v) is 3.67. The van der Waals surface area contributed by atoms with E-state index in [9.17, 15) is 0 Å². The molecule has 1 N–H and O–H groups in total. The van der Waals surface area contributed by atoms with Gasteiger partial charge in [-0.1, -0.05) is 13.8 Å². The molecule has 1 heterocycles. The summed E-state index contributed by atoms with van der Waals surface area (Å²) in [6.07, 6.45) is 5.74. The number of piperazine rings is 1. The van der Waals surface area contributed by atoms with Crippen LogP contribution in [0.15, 0.2) is 0 Å². The summed E-state index contributed by atoms with van der Waals surface area (Å²) in [6, 6.07) is 1.77. The van der Waals surface area contributed by atoms with Gasteiger partial charge in [-0.05, 0) is 44.1 Å². The predicted molar refractivity (Wildman–Crippen MR) is 80.4 cm³/mol. The second kappa shape index (κ2) is 6.11. The van der Waals surface area contributed by atoms with E-state index in [1.54, 1.807) is 0 Å². The van der Waals surface area contributed by atoms with Crippen LogP contribution >= 0.6 is 0 Å². The van der Waals surface area contributed by atoms with Crippen molar-refractivity contribution < 1.29 is 0 Å². The summed E-state index contributed by atoms with van der Waals surface area (Å²) >= 11 is 0. The van der Waals surface area contributed by atoms with E-state index in [4.69, 9.17) is 0 Å². The molecule has 0 radical (unpaired) electrons. The van der Waals surface area contributed by atoms with Gasteiger partial charge in [0, 0.05) is 44.8 Å². The summed E-state index contributed by atoms with van der Waals surface area (Å²) in [6.45, 7) is 12.4. The maximum absolute atomic E-state index is 3.73. The molecule has 2 unspecified atom stereocenters. The van der Waals surface area contributed by atoms with E-state index in [2.05, 4.69) is 29.0 Å². The van der Waals surface area contributed by atoms with Crippen molar-refractivity contribution in [3.8, 4) is 0 Å². The molecule has 3 fully saturated rings. The van der Waals surface area contributed by atoms with Gasteiger partial charge in [-0.15, -0.1) is 0 Å². The highest BCUT2D eigenvalue weighted by atomic mass is 15.3. The molecule has 0 amide bonds. The number of nitrogens with zero attached hydrogens (tertiary/aromatic N) is 2. The number of hydrogen-bond donors (Lipinski definition) is 1. The first kappa shape index (κ1) is 13.8. The van der Waals surface area contributed by atoms with E-state index >= 15 is 0 Å². The van der Waals surface area contributed by atoms with Crippen LogP contribution < -0.4 is 5.32 Å². The third-order valence-corrected chi connectivity index (χ3v) is 5.12. The van der Waals surface area contributed by atoms with Crippen LogP contribution in [0.2, 0.25) is 0 Å². The molecule has 2 saturated carbocycles. The largest absolute Gasteiger partial charge is 0.314 e. The molecular formula is C16H31N3. The molecular weight excluding hydrogens is 234 g/mol. The van der Waals surface area contributed by atoms with Gasteiger partial charge in [0.15, 0.2) is 0 Å². The van der Waals surface area contributed by atoms with E-state index in [1.165, 1.54) is 65.0 Å². The third-order valence-electron chi connectivity index (χ3n) is 5.12. The van der Waals surface area contributed by atoms with Crippen molar-refractivity contribution in [1.29, 1.82) is 0 Å². The monoisotopic (exact) mass is 265 g/mol. The molecule has 0 spiro atoms. The Bertz CT molecular complexity index is 280. The van der Waals surface area contributed by atoms with Crippen molar-refractivity contribution in [2.24, 2.45) is 11.8 Å². The van der Waals surface area contributed by atoms with Crippen LogP contribution in [0.1, 0.15) is 39.5 Å². The Balaban J connectivity index is 1.38. The number of nitrogens with one attached hydrogen (secondary N) is 1. The molecule has 3 rings (SSSR count). The van der Waals surface area contributed by atoms with Gasteiger partial charge in [0.25, 0.3) is 0 Å². The second-order valence-electron chi connectivity index (χ2n) is 7.32. The van der Waals surface area contributed by atoms with E-state index in [0.717, 1.165) is 23.9 Å². The van der Waals surface area contributed by atoms with Crippen LogP contribution in [-0.4, -0.2) is 61.2 Å². The summed E-state index contributed by atoms with van der Waals surface area (Å²) in [4.78, 5) is 5.43. The van der Waals surface area contributed by atoms with Gasteiger partial charge in [-0.2, -0.15) is 0 Å². The molecule has 3 heteroatoms. The minimum Gasteiger partial charge on any atom is -0.314 e. The molecule has 2 aliphatic carbocycles. The topological polar surface area (TPSA) is 18.5 Å². The van der Waals surface area contributed by atoms with E-state index in [-0.39, 0.29) is 0 Å². The summed E-state index contributed by atoms with van der Waals surface area (Å²) < 4.78 is 0. The highest BCUT2D eigenvalue weighted by molar-refractivity contribution is 4.93. The molecule has 1 aliphatic heterocycles. The van der Waals surface area contributed by atoms with Gasteiger partial charge < -0.3 is 10.2 Å². The lowest BCUT2D eigenvalue weighted by atomic mass is 9.78. The Hall–Kier alpha value is -0.120. The number of rotatable bonds is 6. The van der Waals surface area contributed by atoms with Crippen molar-refractivity contribution in [2.45, 2.75) is 51.6 Å². The van der Waals surface area contributed by atoms with Gasteiger partial charge in [-0.3, -0.25) is 4.90 Å². The lowest BCUT2D eigenvalue weighted by Gasteiger charge is -2.48. The molecule has 19 heavy (non-hydrogen) atoms. The molecule has 0 bridgehead atoms. The van der Waals surface area contributed by atoms with Crippen LogP contribution in [-0.2, 0) is 0 Å². The highest BCUT2D eigenvalue weighted by Gasteiger charge is 2.37. The molecule has 0 aromatic rings. The Morgan fingerprint density at radius 2 is 1.74 bits per heavy atom.